The first-order valence-electron chi connectivity index (χ1n) is 8.38. The van der Waals surface area contributed by atoms with Gasteiger partial charge >= 0.3 is 5.69 Å². The highest BCUT2D eigenvalue weighted by Crippen LogP contribution is 2.17. The van der Waals surface area contributed by atoms with Crippen LogP contribution in [0.4, 0.5) is 5.82 Å². The van der Waals surface area contributed by atoms with Gasteiger partial charge < -0.3 is 5.32 Å². The highest BCUT2D eigenvalue weighted by molar-refractivity contribution is 9.10. The molecule has 1 heterocycles. The standard InChI is InChI=1S/C20H20BrN3O2/c1-23-19(25)13-18(22-12-11-15-7-3-2-4-8-15)24(20(23)26)14-16-9-5-6-10-17(16)21/h2-10,13,22H,11-12,14H2,1H3. The highest BCUT2D eigenvalue weighted by atomic mass is 79.9. The normalized spacial score (nSPS) is 10.7. The molecule has 1 N–H and O–H groups in total. The molecule has 0 saturated carbocycles. The lowest BCUT2D eigenvalue weighted by Crippen LogP contribution is -2.39. The Balaban J connectivity index is 1.87. The zero-order chi connectivity index (χ0) is 18.5. The average Bonchev–Trinajstić information content (AvgIpc) is 2.65. The number of rotatable bonds is 6. The molecule has 0 aliphatic heterocycles. The molecule has 2 aromatic carbocycles. The van der Waals surface area contributed by atoms with Crippen molar-refractivity contribution in [1.29, 1.82) is 0 Å². The summed E-state index contributed by atoms with van der Waals surface area (Å²) in [5.74, 6) is 0.532. The number of anilines is 1. The number of benzene rings is 2. The van der Waals surface area contributed by atoms with Gasteiger partial charge in [0.25, 0.3) is 5.56 Å². The fraction of sp³-hybridized carbons (Fsp3) is 0.200. The molecule has 0 amide bonds. The number of nitrogens with zero attached hydrogens (tertiary/aromatic N) is 2. The average molecular weight is 414 g/mol. The molecule has 1 aromatic heterocycles. The van der Waals surface area contributed by atoms with E-state index in [0.717, 1.165) is 21.0 Å². The van der Waals surface area contributed by atoms with Crippen LogP contribution in [0, 0.1) is 0 Å². The van der Waals surface area contributed by atoms with Gasteiger partial charge in [0.05, 0.1) is 6.54 Å². The summed E-state index contributed by atoms with van der Waals surface area (Å²) in [6.07, 6.45) is 0.805. The summed E-state index contributed by atoms with van der Waals surface area (Å²) in [4.78, 5) is 24.7. The Labute approximate surface area is 160 Å². The summed E-state index contributed by atoms with van der Waals surface area (Å²) >= 11 is 3.51. The van der Waals surface area contributed by atoms with Crippen LogP contribution in [0.2, 0.25) is 0 Å². The van der Waals surface area contributed by atoms with Crippen molar-refractivity contribution in [2.24, 2.45) is 7.05 Å². The number of nitrogens with one attached hydrogen (secondary N) is 1. The maximum absolute atomic E-state index is 12.6. The molecule has 3 aromatic rings. The Bertz CT molecular complexity index is 1010. The second kappa shape index (κ2) is 8.19. The van der Waals surface area contributed by atoms with Crippen molar-refractivity contribution in [3.05, 3.63) is 97.1 Å². The fourth-order valence-electron chi connectivity index (χ4n) is 2.75. The van der Waals surface area contributed by atoms with Crippen molar-refractivity contribution in [3.63, 3.8) is 0 Å². The van der Waals surface area contributed by atoms with Crippen molar-refractivity contribution in [2.75, 3.05) is 11.9 Å². The van der Waals surface area contributed by atoms with Crippen molar-refractivity contribution >= 4 is 21.7 Å². The van der Waals surface area contributed by atoms with Crippen molar-refractivity contribution < 1.29 is 0 Å². The van der Waals surface area contributed by atoms with Crippen LogP contribution in [0.3, 0.4) is 0 Å². The first-order valence-corrected chi connectivity index (χ1v) is 9.17. The molecule has 3 rings (SSSR count). The van der Waals surface area contributed by atoms with Crippen LogP contribution in [0.1, 0.15) is 11.1 Å². The molecule has 0 unspecified atom stereocenters. The van der Waals surface area contributed by atoms with Gasteiger partial charge in [-0.15, -0.1) is 0 Å². The number of aromatic nitrogens is 2. The zero-order valence-electron chi connectivity index (χ0n) is 14.5. The molecule has 0 fully saturated rings. The number of hydrogen-bond donors (Lipinski definition) is 1. The first-order chi connectivity index (χ1) is 12.6. The summed E-state index contributed by atoms with van der Waals surface area (Å²) in [6.45, 7) is 1.01. The Morgan fingerprint density at radius 2 is 1.69 bits per heavy atom. The quantitative estimate of drug-likeness (QED) is 0.675. The van der Waals surface area contributed by atoms with Crippen LogP contribution in [0.15, 0.2) is 74.7 Å². The van der Waals surface area contributed by atoms with E-state index in [2.05, 4.69) is 33.4 Å². The molecule has 134 valence electrons. The lowest BCUT2D eigenvalue weighted by molar-refractivity contribution is 0.648. The second-order valence-electron chi connectivity index (χ2n) is 6.05. The van der Waals surface area contributed by atoms with Crippen LogP contribution >= 0.6 is 15.9 Å². The van der Waals surface area contributed by atoms with Crippen LogP contribution in [0.5, 0.6) is 0 Å². The Kier molecular flexibility index (Phi) is 5.73. The van der Waals surface area contributed by atoms with E-state index in [1.807, 2.05) is 42.5 Å². The van der Waals surface area contributed by atoms with Crippen molar-refractivity contribution in [2.45, 2.75) is 13.0 Å². The van der Waals surface area contributed by atoms with Crippen molar-refractivity contribution in [3.8, 4) is 0 Å². The summed E-state index contributed by atoms with van der Waals surface area (Å²) in [7, 11) is 1.49. The predicted molar refractivity (Wildman–Crippen MR) is 108 cm³/mol. The van der Waals surface area contributed by atoms with E-state index in [-0.39, 0.29) is 11.2 Å². The Morgan fingerprint density at radius 1 is 1.00 bits per heavy atom. The smallest absolute Gasteiger partial charge is 0.332 e. The van der Waals surface area contributed by atoms with Gasteiger partial charge in [-0.25, -0.2) is 4.79 Å². The molecule has 0 spiro atoms. The highest BCUT2D eigenvalue weighted by Gasteiger charge is 2.11. The Hall–Kier alpha value is -2.60. The van der Waals surface area contributed by atoms with Crippen LogP contribution in [-0.4, -0.2) is 15.7 Å². The minimum Gasteiger partial charge on any atom is -0.371 e. The SMILES string of the molecule is Cn1c(=O)cc(NCCc2ccccc2)n(Cc2ccccc2Br)c1=O. The maximum Gasteiger partial charge on any atom is 0.332 e. The molecule has 0 radical (unpaired) electrons. The largest absolute Gasteiger partial charge is 0.371 e. The zero-order valence-corrected chi connectivity index (χ0v) is 16.1. The first kappa shape index (κ1) is 18.2. The van der Waals surface area contributed by atoms with E-state index in [9.17, 15) is 9.59 Å². The number of halogens is 1. The lowest BCUT2D eigenvalue weighted by Gasteiger charge is -2.16. The van der Waals surface area contributed by atoms with Gasteiger partial charge in [-0.1, -0.05) is 64.5 Å². The van der Waals surface area contributed by atoms with Gasteiger partial charge in [-0.3, -0.25) is 13.9 Å². The lowest BCUT2D eigenvalue weighted by atomic mass is 10.1. The summed E-state index contributed by atoms with van der Waals surface area (Å²) in [5.41, 5.74) is 1.51. The summed E-state index contributed by atoms with van der Waals surface area (Å²) in [5, 5.41) is 3.24. The van der Waals surface area contributed by atoms with Gasteiger partial charge in [-0.05, 0) is 23.6 Å². The molecular weight excluding hydrogens is 394 g/mol. The topological polar surface area (TPSA) is 56.0 Å². The Morgan fingerprint density at radius 3 is 2.42 bits per heavy atom. The van der Waals surface area contributed by atoms with Crippen molar-refractivity contribution in [1.82, 2.24) is 9.13 Å². The third-order valence-corrected chi connectivity index (χ3v) is 5.02. The van der Waals surface area contributed by atoms with Gasteiger partial charge in [0.15, 0.2) is 0 Å². The summed E-state index contributed by atoms with van der Waals surface area (Å²) < 4.78 is 3.64. The molecule has 5 nitrogen and oxygen atoms in total. The van der Waals surface area contributed by atoms with E-state index in [1.54, 1.807) is 4.57 Å². The molecule has 26 heavy (non-hydrogen) atoms. The predicted octanol–water partition coefficient (Wildman–Crippen LogP) is 3.01. The van der Waals surface area contributed by atoms with E-state index < -0.39 is 0 Å². The molecule has 0 aliphatic rings. The van der Waals surface area contributed by atoms with Gasteiger partial charge in [0, 0.05) is 24.1 Å². The van der Waals surface area contributed by atoms with Crippen LogP contribution in [0.25, 0.3) is 0 Å². The molecule has 0 atom stereocenters. The second-order valence-corrected chi connectivity index (χ2v) is 6.90. The van der Waals surface area contributed by atoms with Gasteiger partial charge in [0.2, 0.25) is 0 Å². The minimum atomic E-state index is -0.338. The maximum atomic E-state index is 12.6. The molecular formula is C20H20BrN3O2. The third-order valence-electron chi connectivity index (χ3n) is 4.25. The van der Waals surface area contributed by atoms with E-state index in [0.29, 0.717) is 18.9 Å². The van der Waals surface area contributed by atoms with E-state index in [1.165, 1.54) is 18.7 Å². The molecule has 0 saturated heterocycles. The molecule has 0 aliphatic carbocycles. The fourth-order valence-corrected chi connectivity index (χ4v) is 3.16. The minimum absolute atomic E-state index is 0.319. The molecule has 6 heteroatoms. The van der Waals surface area contributed by atoms with Gasteiger partial charge in [-0.2, -0.15) is 0 Å². The van der Waals surface area contributed by atoms with E-state index in [4.69, 9.17) is 0 Å². The van der Waals surface area contributed by atoms with Gasteiger partial charge in [0.1, 0.15) is 5.82 Å². The monoisotopic (exact) mass is 413 g/mol. The van der Waals surface area contributed by atoms with Crippen LogP contribution < -0.4 is 16.6 Å². The van der Waals surface area contributed by atoms with Crippen LogP contribution in [-0.2, 0) is 20.0 Å². The molecule has 0 bridgehead atoms. The third kappa shape index (κ3) is 4.14. The van der Waals surface area contributed by atoms with E-state index >= 15 is 0 Å². The summed E-state index contributed by atoms with van der Waals surface area (Å²) in [6, 6.07) is 19.3. The number of hydrogen-bond acceptors (Lipinski definition) is 3.